The zero-order valence-corrected chi connectivity index (χ0v) is 21.2. The number of nitrogens with zero attached hydrogens (tertiary/aromatic N) is 1. The molecule has 1 aromatic rings. The van der Waals surface area contributed by atoms with Crippen molar-refractivity contribution in [1.29, 1.82) is 0 Å². The van der Waals surface area contributed by atoms with Gasteiger partial charge in [0.25, 0.3) is 0 Å². The van der Waals surface area contributed by atoms with Crippen LogP contribution in [0.3, 0.4) is 0 Å². The Bertz CT molecular complexity index is 587. The monoisotopic (exact) mass is 523 g/mol. The first kappa shape index (κ1) is 27.6. The summed E-state index contributed by atoms with van der Waals surface area (Å²) in [6.07, 6.45) is 1.92. The summed E-state index contributed by atoms with van der Waals surface area (Å²) >= 11 is 0. The van der Waals surface area contributed by atoms with Crippen LogP contribution in [0.25, 0.3) is 0 Å². The Morgan fingerprint density at radius 2 is 1.59 bits per heavy atom. The zero-order valence-electron chi connectivity index (χ0n) is 18.8. The van der Waals surface area contributed by atoms with Crippen molar-refractivity contribution in [3.8, 4) is 17.2 Å². The number of benzene rings is 1. The van der Waals surface area contributed by atoms with Crippen molar-refractivity contribution in [2.75, 3.05) is 48.1 Å². The standard InChI is InChI=1S/C21H37N3O4.HI/c1-8-28-18(15(2)3)10-12-24-21(22-4)23-11-9-17-19(26-6)13-16(25-5)14-20(17)27-7;/h13-15,18H,8-12H2,1-7H3,(H2,22,23,24);1H. The van der Waals surface area contributed by atoms with Gasteiger partial charge < -0.3 is 29.6 Å². The van der Waals surface area contributed by atoms with E-state index in [1.807, 2.05) is 19.1 Å². The Kier molecular flexibility index (Phi) is 14.7. The van der Waals surface area contributed by atoms with Crippen molar-refractivity contribution in [1.82, 2.24) is 10.6 Å². The van der Waals surface area contributed by atoms with Crippen LogP contribution in [0.5, 0.6) is 17.2 Å². The maximum absolute atomic E-state index is 5.79. The molecule has 29 heavy (non-hydrogen) atoms. The van der Waals surface area contributed by atoms with Crippen molar-refractivity contribution in [3.63, 3.8) is 0 Å². The number of nitrogens with one attached hydrogen (secondary N) is 2. The topological polar surface area (TPSA) is 73.3 Å². The average molecular weight is 523 g/mol. The van der Waals surface area contributed by atoms with E-state index >= 15 is 0 Å². The lowest BCUT2D eigenvalue weighted by Crippen LogP contribution is -2.40. The summed E-state index contributed by atoms with van der Waals surface area (Å²) in [5, 5.41) is 6.69. The molecule has 0 aliphatic carbocycles. The third-order valence-corrected chi connectivity index (χ3v) is 4.55. The summed E-state index contributed by atoms with van der Waals surface area (Å²) in [6.45, 7) is 8.63. The summed E-state index contributed by atoms with van der Waals surface area (Å²) in [5.41, 5.74) is 0.991. The summed E-state index contributed by atoms with van der Waals surface area (Å²) in [5.74, 6) is 3.46. The number of rotatable bonds is 12. The maximum atomic E-state index is 5.79. The van der Waals surface area contributed by atoms with Crippen LogP contribution < -0.4 is 24.8 Å². The largest absolute Gasteiger partial charge is 0.496 e. The van der Waals surface area contributed by atoms with Crippen molar-refractivity contribution in [3.05, 3.63) is 17.7 Å². The highest BCUT2D eigenvalue weighted by Gasteiger charge is 2.14. The SMILES string of the molecule is CCOC(CCNC(=NC)NCCc1c(OC)cc(OC)cc1OC)C(C)C.I. The fraction of sp³-hybridized carbons (Fsp3) is 0.667. The minimum atomic E-state index is 0. The molecule has 0 spiro atoms. The second-order valence-electron chi connectivity index (χ2n) is 6.71. The van der Waals surface area contributed by atoms with Gasteiger partial charge in [0.05, 0.1) is 27.4 Å². The molecule has 8 heteroatoms. The molecule has 0 fully saturated rings. The lowest BCUT2D eigenvalue weighted by molar-refractivity contribution is 0.0258. The predicted molar refractivity (Wildman–Crippen MR) is 129 cm³/mol. The van der Waals surface area contributed by atoms with Gasteiger partial charge in [-0.1, -0.05) is 13.8 Å². The summed E-state index contributed by atoms with van der Waals surface area (Å²) in [6, 6.07) is 3.73. The quantitative estimate of drug-likeness (QED) is 0.248. The number of guanidine groups is 1. The molecular formula is C21H38IN3O4. The minimum absolute atomic E-state index is 0. The Morgan fingerprint density at radius 1 is 1.00 bits per heavy atom. The molecule has 1 rings (SSSR count). The molecule has 0 aromatic heterocycles. The molecule has 1 unspecified atom stereocenters. The van der Waals surface area contributed by atoms with Crippen molar-refractivity contribution < 1.29 is 18.9 Å². The number of hydrogen-bond donors (Lipinski definition) is 2. The van der Waals surface area contributed by atoms with Gasteiger partial charge in [-0.15, -0.1) is 24.0 Å². The summed E-state index contributed by atoms with van der Waals surface area (Å²) in [4.78, 5) is 4.29. The maximum Gasteiger partial charge on any atom is 0.190 e. The lowest BCUT2D eigenvalue weighted by Gasteiger charge is -2.21. The van der Waals surface area contributed by atoms with Crippen LogP contribution in [0.15, 0.2) is 17.1 Å². The highest BCUT2D eigenvalue weighted by molar-refractivity contribution is 14.0. The number of hydrogen-bond acceptors (Lipinski definition) is 5. The molecule has 0 aliphatic heterocycles. The van der Waals surface area contributed by atoms with E-state index < -0.39 is 0 Å². The Labute approximate surface area is 192 Å². The molecule has 0 saturated heterocycles. The van der Waals surface area contributed by atoms with Gasteiger partial charge in [0, 0.05) is 44.4 Å². The molecule has 1 atom stereocenters. The molecule has 0 saturated carbocycles. The van der Waals surface area contributed by atoms with Crippen molar-refractivity contribution in [2.24, 2.45) is 10.9 Å². The van der Waals surface area contributed by atoms with E-state index in [2.05, 4.69) is 29.5 Å². The molecule has 7 nitrogen and oxygen atoms in total. The third kappa shape index (κ3) is 9.29. The van der Waals surface area contributed by atoms with Gasteiger partial charge in [-0.25, -0.2) is 0 Å². The van der Waals surface area contributed by atoms with Crippen LogP contribution in [0.4, 0.5) is 0 Å². The fourth-order valence-corrected chi connectivity index (χ4v) is 3.01. The van der Waals surface area contributed by atoms with E-state index in [0.29, 0.717) is 18.2 Å². The highest BCUT2D eigenvalue weighted by Crippen LogP contribution is 2.34. The van der Waals surface area contributed by atoms with Crippen LogP contribution in [0.1, 0.15) is 32.8 Å². The Balaban J connectivity index is 0.00000784. The van der Waals surface area contributed by atoms with E-state index in [1.165, 1.54) is 0 Å². The van der Waals surface area contributed by atoms with Gasteiger partial charge >= 0.3 is 0 Å². The molecule has 0 bridgehead atoms. The van der Waals surface area contributed by atoms with Gasteiger partial charge in [-0.3, -0.25) is 4.99 Å². The van der Waals surface area contributed by atoms with E-state index in [0.717, 1.165) is 49.0 Å². The number of ether oxygens (including phenoxy) is 4. The summed E-state index contributed by atoms with van der Waals surface area (Å²) in [7, 11) is 6.69. The van der Waals surface area contributed by atoms with E-state index in [9.17, 15) is 0 Å². The van der Waals surface area contributed by atoms with Crippen molar-refractivity contribution in [2.45, 2.75) is 39.7 Å². The summed E-state index contributed by atoms with van der Waals surface area (Å²) < 4.78 is 22.1. The first-order valence-electron chi connectivity index (χ1n) is 9.85. The zero-order chi connectivity index (χ0) is 20.9. The van der Waals surface area contributed by atoms with Gasteiger partial charge in [0.15, 0.2) is 5.96 Å². The van der Waals surface area contributed by atoms with Gasteiger partial charge in [-0.05, 0) is 25.7 Å². The Hall–Kier alpha value is -1.42. The molecular weight excluding hydrogens is 485 g/mol. The fourth-order valence-electron chi connectivity index (χ4n) is 3.01. The van der Waals surface area contributed by atoms with Crippen LogP contribution in [-0.2, 0) is 11.2 Å². The van der Waals surface area contributed by atoms with E-state index in [1.54, 1.807) is 28.4 Å². The van der Waals surface area contributed by atoms with Gasteiger partial charge in [0.1, 0.15) is 17.2 Å². The van der Waals surface area contributed by atoms with Crippen LogP contribution in [0.2, 0.25) is 0 Å². The molecule has 0 amide bonds. The number of aliphatic imine (C=N–C) groups is 1. The predicted octanol–water partition coefficient (Wildman–Crippen LogP) is 3.49. The van der Waals surface area contributed by atoms with Crippen LogP contribution in [0, 0.1) is 5.92 Å². The van der Waals surface area contributed by atoms with Crippen LogP contribution >= 0.6 is 24.0 Å². The van der Waals surface area contributed by atoms with Gasteiger partial charge in [0.2, 0.25) is 0 Å². The van der Waals surface area contributed by atoms with Crippen LogP contribution in [-0.4, -0.2) is 60.1 Å². The van der Waals surface area contributed by atoms with Crippen molar-refractivity contribution >= 4 is 29.9 Å². The first-order valence-corrected chi connectivity index (χ1v) is 9.85. The molecule has 0 radical (unpaired) electrons. The number of halogens is 1. The lowest BCUT2D eigenvalue weighted by atomic mass is 10.0. The normalized spacial score (nSPS) is 12.2. The molecule has 168 valence electrons. The second-order valence-corrected chi connectivity index (χ2v) is 6.71. The molecule has 1 aromatic carbocycles. The average Bonchev–Trinajstić information content (AvgIpc) is 2.71. The van der Waals surface area contributed by atoms with E-state index in [4.69, 9.17) is 18.9 Å². The van der Waals surface area contributed by atoms with Gasteiger partial charge in [-0.2, -0.15) is 0 Å². The van der Waals surface area contributed by atoms with E-state index in [-0.39, 0.29) is 30.1 Å². The smallest absolute Gasteiger partial charge is 0.190 e. The first-order chi connectivity index (χ1) is 13.5. The molecule has 0 aliphatic rings. The highest BCUT2D eigenvalue weighted by atomic mass is 127. The molecule has 0 heterocycles. The number of methoxy groups -OCH3 is 3. The minimum Gasteiger partial charge on any atom is -0.496 e. The molecule has 2 N–H and O–H groups in total. The Morgan fingerprint density at radius 3 is 2.03 bits per heavy atom. The second kappa shape index (κ2) is 15.4. The third-order valence-electron chi connectivity index (χ3n) is 4.55.